The first-order valence-corrected chi connectivity index (χ1v) is 5.32. The summed E-state index contributed by atoms with van der Waals surface area (Å²) in [6.07, 6.45) is 1.10. The second kappa shape index (κ2) is 3.39. The van der Waals surface area contributed by atoms with Crippen LogP contribution in [-0.2, 0) is 20.0 Å². The predicted molar refractivity (Wildman–Crippen MR) is 57.3 cm³/mol. The van der Waals surface area contributed by atoms with Crippen LogP contribution in [0, 0.1) is 0 Å². The molecule has 2 heterocycles. The van der Waals surface area contributed by atoms with Crippen molar-refractivity contribution in [1.82, 2.24) is 14.5 Å². The van der Waals surface area contributed by atoms with Gasteiger partial charge < -0.3 is 9.47 Å². The van der Waals surface area contributed by atoms with Gasteiger partial charge in [0.05, 0.1) is 11.4 Å². The molecule has 0 N–H and O–H groups in total. The van der Waals surface area contributed by atoms with Gasteiger partial charge in [0.25, 0.3) is 0 Å². The maximum atomic E-state index is 4.72. The van der Waals surface area contributed by atoms with Crippen molar-refractivity contribution in [2.45, 2.75) is 32.7 Å². The number of aromatic nitrogens is 2. The molecular weight excluding hydrogens is 174 g/mol. The highest BCUT2D eigenvalue weighted by atomic mass is 15.2. The molecule has 3 nitrogen and oxygen atoms in total. The molecule has 0 saturated carbocycles. The Morgan fingerprint density at radius 1 is 1.29 bits per heavy atom. The van der Waals surface area contributed by atoms with Crippen molar-refractivity contribution in [3.05, 3.63) is 17.2 Å². The molecule has 0 amide bonds. The molecule has 0 unspecified atom stereocenters. The van der Waals surface area contributed by atoms with Crippen molar-refractivity contribution in [1.29, 1.82) is 0 Å². The molecule has 0 saturated heterocycles. The lowest BCUT2D eigenvalue weighted by molar-refractivity contribution is 0.302. The average Bonchev–Trinajstić information content (AvgIpc) is 2.44. The minimum Gasteiger partial charge on any atom is -0.333 e. The van der Waals surface area contributed by atoms with Crippen LogP contribution in [0.25, 0.3) is 0 Å². The number of rotatable bonds is 1. The second-order valence-electron chi connectivity index (χ2n) is 4.56. The first kappa shape index (κ1) is 9.71. The zero-order valence-electron chi connectivity index (χ0n) is 9.54. The quantitative estimate of drug-likeness (QED) is 0.674. The summed E-state index contributed by atoms with van der Waals surface area (Å²) in [5.74, 6) is 1.75. The maximum absolute atomic E-state index is 4.72. The SMILES string of the molecule is CC(C)c1nc2c(n1C)CN(C)CC2. The Hall–Kier alpha value is -0.830. The van der Waals surface area contributed by atoms with Crippen molar-refractivity contribution in [3.8, 4) is 0 Å². The highest BCUT2D eigenvalue weighted by Crippen LogP contribution is 2.22. The molecule has 1 aliphatic rings. The standard InChI is InChI=1S/C11H19N3/c1-8(2)11-12-9-5-6-13(3)7-10(9)14(11)4/h8H,5-7H2,1-4H3. The Bertz CT molecular complexity index is 339. The van der Waals surface area contributed by atoms with E-state index in [0.29, 0.717) is 5.92 Å². The van der Waals surface area contributed by atoms with Gasteiger partial charge in [0.15, 0.2) is 0 Å². The van der Waals surface area contributed by atoms with E-state index in [0.717, 1.165) is 19.5 Å². The predicted octanol–water partition coefficient (Wildman–Crippen LogP) is 1.53. The lowest BCUT2D eigenvalue weighted by atomic mass is 10.1. The zero-order valence-corrected chi connectivity index (χ0v) is 9.54. The van der Waals surface area contributed by atoms with E-state index in [1.54, 1.807) is 0 Å². The van der Waals surface area contributed by atoms with Gasteiger partial charge in [0.1, 0.15) is 5.82 Å². The van der Waals surface area contributed by atoms with Crippen LogP contribution in [0.4, 0.5) is 0 Å². The van der Waals surface area contributed by atoms with E-state index >= 15 is 0 Å². The normalized spacial score (nSPS) is 17.5. The van der Waals surface area contributed by atoms with Crippen LogP contribution >= 0.6 is 0 Å². The summed E-state index contributed by atoms with van der Waals surface area (Å²) in [5, 5.41) is 0. The second-order valence-corrected chi connectivity index (χ2v) is 4.56. The van der Waals surface area contributed by atoms with Crippen LogP contribution in [0.1, 0.15) is 37.0 Å². The van der Waals surface area contributed by atoms with Crippen molar-refractivity contribution in [3.63, 3.8) is 0 Å². The summed E-state index contributed by atoms with van der Waals surface area (Å²) in [7, 11) is 4.31. The molecular formula is C11H19N3. The van der Waals surface area contributed by atoms with E-state index in [1.165, 1.54) is 17.2 Å². The Kier molecular flexibility index (Phi) is 2.35. The van der Waals surface area contributed by atoms with Gasteiger partial charge >= 0.3 is 0 Å². The summed E-state index contributed by atoms with van der Waals surface area (Å²) < 4.78 is 2.27. The third kappa shape index (κ3) is 1.46. The fourth-order valence-corrected chi connectivity index (χ4v) is 2.16. The van der Waals surface area contributed by atoms with E-state index < -0.39 is 0 Å². The van der Waals surface area contributed by atoms with Gasteiger partial charge in [-0.05, 0) is 7.05 Å². The van der Waals surface area contributed by atoms with Crippen molar-refractivity contribution >= 4 is 0 Å². The van der Waals surface area contributed by atoms with Crippen LogP contribution in [0.3, 0.4) is 0 Å². The highest BCUT2D eigenvalue weighted by Gasteiger charge is 2.21. The first-order chi connectivity index (χ1) is 6.59. The molecule has 0 bridgehead atoms. The fraction of sp³-hybridized carbons (Fsp3) is 0.727. The van der Waals surface area contributed by atoms with Crippen LogP contribution in [0.5, 0.6) is 0 Å². The number of hydrogen-bond donors (Lipinski definition) is 0. The van der Waals surface area contributed by atoms with Gasteiger partial charge in [-0.15, -0.1) is 0 Å². The minimum atomic E-state index is 0.524. The number of hydrogen-bond acceptors (Lipinski definition) is 2. The summed E-state index contributed by atoms with van der Waals surface area (Å²) in [5.41, 5.74) is 2.72. The van der Waals surface area contributed by atoms with Crippen LogP contribution in [-0.4, -0.2) is 28.0 Å². The molecule has 0 spiro atoms. The van der Waals surface area contributed by atoms with Crippen molar-refractivity contribution in [2.75, 3.05) is 13.6 Å². The lowest BCUT2D eigenvalue weighted by Gasteiger charge is -2.22. The Morgan fingerprint density at radius 2 is 2.00 bits per heavy atom. The molecule has 0 aromatic carbocycles. The zero-order chi connectivity index (χ0) is 10.3. The topological polar surface area (TPSA) is 21.1 Å². The molecule has 1 aromatic heterocycles. The molecule has 0 aliphatic carbocycles. The van der Waals surface area contributed by atoms with E-state index in [2.05, 4.69) is 37.4 Å². The van der Waals surface area contributed by atoms with Crippen molar-refractivity contribution in [2.24, 2.45) is 7.05 Å². The number of fused-ring (bicyclic) bond motifs is 1. The summed E-state index contributed by atoms with van der Waals surface area (Å²) >= 11 is 0. The number of imidazole rings is 1. The molecule has 3 heteroatoms. The van der Waals surface area contributed by atoms with Gasteiger partial charge in [-0.2, -0.15) is 0 Å². The Morgan fingerprint density at radius 3 is 2.64 bits per heavy atom. The molecule has 0 fully saturated rings. The molecule has 0 radical (unpaired) electrons. The number of likely N-dealkylation sites (N-methyl/N-ethyl adjacent to an activating group) is 1. The maximum Gasteiger partial charge on any atom is 0.111 e. The van der Waals surface area contributed by atoms with Crippen molar-refractivity contribution < 1.29 is 0 Å². The Labute approximate surface area is 85.7 Å². The minimum absolute atomic E-state index is 0.524. The lowest BCUT2D eigenvalue weighted by Crippen LogP contribution is -2.27. The molecule has 2 rings (SSSR count). The van der Waals surface area contributed by atoms with Gasteiger partial charge in [0, 0.05) is 32.5 Å². The van der Waals surface area contributed by atoms with Gasteiger partial charge in [-0.25, -0.2) is 4.98 Å². The van der Waals surface area contributed by atoms with E-state index in [-0.39, 0.29) is 0 Å². The summed E-state index contributed by atoms with van der Waals surface area (Å²) in [6.45, 7) is 6.60. The molecule has 78 valence electrons. The third-order valence-electron chi connectivity index (χ3n) is 3.00. The summed E-state index contributed by atoms with van der Waals surface area (Å²) in [6, 6.07) is 0. The van der Waals surface area contributed by atoms with Crippen LogP contribution in [0.2, 0.25) is 0 Å². The average molecular weight is 193 g/mol. The van der Waals surface area contributed by atoms with Gasteiger partial charge in [-0.1, -0.05) is 13.8 Å². The third-order valence-corrected chi connectivity index (χ3v) is 3.00. The smallest absolute Gasteiger partial charge is 0.111 e. The first-order valence-electron chi connectivity index (χ1n) is 5.32. The molecule has 1 aliphatic heterocycles. The monoisotopic (exact) mass is 193 g/mol. The molecule has 14 heavy (non-hydrogen) atoms. The molecule has 1 aromatic rings. The van der Waals surface area contributed by atoms with E-state index in [9.17, 15) is 0 Å². The summed E-state index contributed by atoms with van der Waals surface area (Å²) in [4.78, 5) is 7.08. The van der Waals surface area contributed by atoms with Gasteiger partial charge in [-0.3, -0.25) is 0 Å². The van der Waals surface area contributed by atoms with Gasteiger partial charge in [0.2, 0.25) is 0 Å². The van der Waals surface area contributed by atoms with Crippen LogP contribution < -0.4 is 0 Å². The van der Waals surface area contributed by atoms with E-state index in [4.69, 9.17) is 4.98 Å². The largest absolute Gasteiger partial charge is 0.333 e. The highest BCUT2D eigenvalue weighted by molar-refractivity contribution is 5.21. The van der Waals surface area contributed by atoms with E-state index in [1.807, 2.05) is 0 Å². The number of nitrogens with zero attached hydrogens (tertiary/aromatic N) is 3. The fourth-order valence-electron chi connectivity index (χ4n) is 2.16. The molecule has 0 atom stereocenters. The Balaban J connectivity index is 2.41. The van der Waals surface area contributed by atoms with Crippen LogP contribution in [0.15, 0.2) is 0 Å².